The number of benzene rings is 2. The third kappa shape index (κ3) is 5.20. The molecular formula is C21H25N3O5S2. The highest BCUT2D eigenvalue weighted by molar-refractivity contribution is 7.98. The number of fused-ring (bicyclic) bond motifs is 1. The van der Waals surface area contributed by atoms with E-state index in [0.717, 1.165) is 11.1 Å². The third-order valence-electron chi connectivity index (χ3n) is 4.95. The molecule has 0 fully saturated rings. The van der Waals surface area contributed by atoms with E-state index in [1.165, 1.54) is 41.6 Å². The molecule has 2 aromatic carbocycles. The van der Waals surface area contributed by atoms with Gasteiger partial charge in [-0.05, 0) is 61.6 Å². The summed E-state index contributed by atoms with van der Waals surface area (Å²) in [5.41, 5.74) is 3.16. The summed E-state index contributed by atoms with van der Waals surface area (Å²) in [7, 11) is -2.49. The molecule has 1 atom stereocenters. The lowest BCUT2D eigenvalue weighted by Gasteiger charge is -2.19. The highest BCUT2D eigenvalue weighted by Gasteiger charge is 2.26. The molecule has 10 heteroatoms. The van der Waals surface area contributed by atoms with Gasteiger partial charge in [-0.1, -0.05) is 12.1 Å². The number of carbonyl (C=O) groups excluding carboxylic acids is 1. The van der Waals surface area contributed by atoms with Crippen LogP contribution in [0.15, 0.2) is 50.5 Å². The van der Waals surface area contributed by atoms with Crippen LogP contribution in [0.4, 0.5) is 5.69 Å². The summed E-state index contributed by atoms with van der Waals surface area (Å²) in [6.45, 7) is 3.79. The van der Waals surface area contributed by atoms with Crippen molar-refractivity contribution >= 4 is 44.5 Å². The first-order valence-electron chi connectivity index (χ1n) is 9.61. The number of aryl methyl sites for hydroxylation is 3. The van der Waals surface area contributed by atoms with E-state index >= 15 is 0 Å². The van der Waals surface area contributed by atoms with Gasteiger partial charge in [-0.15, -0.1) is 0 Å². The first-order valence-corrected chi connectivity index (χ1v) is 12.5. The molecule has 0 spiro atoms. The second-order valence-corrected chi connectivity index (χ2v) is 10.0. The molecule has 2 N–H and O–H groups in total. The molecule has 3 rings (SSSR count). The molecule has 0 aliphatic heterocycles. The molecule has 1 aromatic heterocycles. The van der Waals surface area contributed by atoms with Crippen molar-refractivity contribution in [3.05, 3.63) is 58.1 Å². The average molecular weight is 464 g/mol. The molecule has 3 aromatic rings. The number of aromatic nitrogens is 1. The van der Waals surface area contributed by atoms with E-state index in [9.17, 15) is 18.0 Å². The number of sulfonamides is 1. The Labute approximate surface area is 185 Å². The van der Waals surface area contributed by atoms with Crippen LogP contribution < -0.4 is 15.8 Å². The van der Waals surface area contributed by atoms with Crippen molar-refractivity contribution in [2.45, 2.75) is 31.2 Å². The fraction of sp³-hybridized carbons (Fsp3) is 0.333. The lowest BCUT2D eigenvalue weighted by Crippen LogP contribution is -2.44. The average Bonchev–Trinajstić information content (AvgIpc) is 3.01. The van der Waals surface area contributed by atoms with Gasteiger partial charge in [-0.3, -0.25) is 9.36 Å². The number of hydrogen-bond acceptors (Lipinski definition) is 6. The van der Waals surface area contributed by atoms with Gasteiger partial charge in [0, 0.05) is 18.8 Å². The fourth-order valence-corrected chi connectivity index (χ4v) is 4.82. The number of amides is 1. The number of rotatable bonds is 8. The van der Waals surface area contributed by atoms with Gasteiger partial charge in [0.25, 0.3) is 0 Å². The van der Waals surface area contributed by atoms with E-state index in [0.29, 0.717) is 23.4 Å². The van der Waals surface area contributed by atoms with Crippen molar-refractivity contribution in [3.63, 3.8) is 0 Å². The van der Waals surface area contributed by atoms with Crippen LogP contribution in [0.1, 0.15) is 17.5 Å². The Hall–Kier alpha value is -2.56. The zero-order valence-electron chi connectivity index (χ0n) is 17.8. The predicted octanol–water partition coefficient (Wildman–Crippen LogP) is 2.79. The summed E-state index contributed by atoms with van der Waals surface area (Å²) in [6, 6.07) is 8.89. The Balaban J connectivity index is 1.87. The van der Waals surface area contributed by atoms with E-state index in [-0.39, 0.29) is 10.5 Å². The van der Waals surface area contributed by atoms with Crippen LogP contribution in [-0.2, 0) is 21.9 Å². The third-order valence-corrected chi connectivity index (χ3v) is 7.06. The minimum atomic E-state index is -4.03. The number of oxazole rings is 1. The minimum absolute atomic E-state index is 0.0805. The maximum absolute atomic E-state index is 13.0. The first kappa shape index (κ1) is 23.1. The van der Waals surface area contributed by atoms with Crippen LogP contribution in [0.2, 0.25) is 0 Å². The normalized spacial score (nSPS) is 12.8. The molecule has 0 unspecified atom stereocenters. The van der Waals surface area contributed by atoms with Gasteiger partial charge in [0.1, 0.15) is 6.04 Å². The summed E-state index contributed by atoms with van der Waals surface area (Å²) in [4.78, 5) is 24.5. The van der Waals surface area contributed by atoms with Crippen molar-refractivity contribution in [1.82, 2.24) is 9.29 Å². The van der Waals surface area contributed by atoms with Crippen LogP contribution in [0.3, 0.4) is 0 Å². The zero-order valence-corrected chi connectivity index (χ0v) is 19.4. The first-order chi connectivity index (χ1) is 14.6. The number of nitrogens with one attached hydrogen (secondary N) is 2. The molecule has 0 radical (unpaired) electrons. The SMILES string of the molecule is CSCC[C@@H](NS(=O)(=O)c1ccc2c(c1)oc(=O)n2C)C(=O)Nc1cc(C)ccc1C. The molecule has 0 bridgehead atoms. The van der Waals surface area contributed by atoms with Crippen molar-refractivity contribution in [2.24, 2.45) is 7.05 Å². The summed E-state index contributed by atoms with van der Waals surface area (Å²) < 4.78 is 34.9. The number of carbonyl (C=O) groups is 1. The molecule has 8 nitrogen and oxygen atoms in total. The van der Waals surface area contributed by atoms with Crippen molar-refractivity contribution in [1.29, 1.82) is 0 Å². The maximum atomic E-state index is 13.0. The topological polar surface area (TPSA) is 110 Å². The molecule has 1 amide bonds. The minimum Gasteiger partial charge on any atom is -0.408 e. The number of anilines is 1. The molecule has 31 heavy (non-hydrogen) atoms. The molecule has 0 saturated carbocycles. The Morgan fingerprint density at radius 3 is 2.65 bits per heavy atom. The zero-order chi connectivity index (χ0) is 22.8. The van der Waals surface area contributed by atoms with E-state index in [2.05, 4.69) is 10.0 Å². The Kier molecular flexibility index (Phi) is 6.93. The largest absolute Gasteiger partial charge is 0.419 e. The summed E-state index contributed by atoms with van der Waals surface area (Å²) in [5.74, 6) is -0.415. The second-order valence-electron chi connectivity index (χ2n) is 7.32. The van der Waals surface area contributed by atoms with Crippen LogP contribution in [0, 0.1) is 13.8 Å². The fourth-order valence-electron chi connectivity index (χ4n) is 3.11. The van der Waals surface area contributed by atoms with E-state index in [4.69, 9.17) is 4.42 Å². The molecule has 0 aliphatic carbocycles. The van der Waals surface area contributed by atoms with Crippen LogP contribution in [0.5, 0.6) is 0 Å². The van der Waals surface area contributed by atoms with Gasteiger partial charge in [0.05, 0.1) is 10.4 Å². The Morgan fingerprint density at radius 1 is 1.19 bits per heavy atom. The molecule has 0 aliphatic rings. The highest BCUT2D eigenvalue weighted by Crippen LogP contribution is 2.20. The Morgan fingerprint density at radius 2 is 1.94 bits per heavy atom. The molecular weight excluding hydrogens is 438 g/mol. The van der Waals surface area contributed by atoms with Gasteiger partial charge in [0.2, 0.25) is 15.9 Å². The van der Waals surface area contributed by atoms with Gasteiger partial charge < -0.3 is 9.73 Å². The molecule has 166 valence electrons. The lowest BCUT2D eigenvalue weighted by molar-refractivity contribution is -0.117. The van der Waals surface area contributed by atoms with Crippen molar-refractivity contribution in [3.8, 4) is 0 Å². The predicted molar refractivity (Wildman–Crippen MR) is 123 cm³/mol. The second kappa shape index (κ2) is 9.29. The van der Waals surface area contributed by atoms with Crippen molar-refractivity contribution < 1.29 is 17.6 Å². The van der Waals surface area contributed by atoms with Gasteiger partial charge in [0.15, 0.2) is 5.58 Å². The van der Waals surface area contributed by atoms with Crippen molar-refractivity contribution in [2.75, 3.05) is 17.3 Å². The summed E-state index contributed by atoms with van der Waals surface area (Å²) >= 11 is 1.52. The van der Waals surface area contributed by atoms with Gasteiger partial charge >= 0.3 is 5.76 Å². The quantitative estimate of drug-likeness (QED) is 0.532. The summed E-state index contributed by atoms with van der Waals surface area (Å²) in [5, 5.41) is 2.84. The Bertz CT molecular complexity index is 1280. The maximum Gasteiger partial charge on any atom is 0.419 e. The lowest BCUT2D eigenvalue weighted by atomic mass is 10.1. The number of hydrogen-bond donors (Lipinski definition) is 2. The van der Waals surface area contributed by atoms with E-state index < -0.39 is 27.7 Å². The highest BCUT2D eigenvalue weighted by atomic mass is 32.2. The standard InChI is InChI=1S/C21H25N3O5S2/c1-13-5-6-14(2)17(11-13)22-20(25)16(9-10-30-4)23-31(27,28)15-7-8-18-19(12-15)29-21(26)24(18)3/h5-8,11-12,16,23H,9-10H2,1-4H3,(H,22,25)/t16-/m1/s1. The van der Waals surface area contributed by atoms with E-state index in [1.54, 1.807) is 0 Å². The molecule has 1 heterocycles. The summed E-state index contributed by atoms with van der Waals surface area (Å²) in [6.07, 6.45) is 2.21. The molecule has 0 saturated heterocycles. The van der Waals surface area contributed by atoms with Gasteiger partial charge in [-0.25, -0.2) is 13.2 Å². The van der Waals surface area contributed by atoms with Crippen LogP contribution >= 0.6 is 11.8 Å². The number of nitrogens with zero attached hydrogens (tertiary/aromatic N) is 1. The monoisotopic (exact) mass is 463 g/mol. The van der Waals surface area contributed by atoms with Crippen LogP contribution in [0.25, 0.3) is 11.1 Å². The van der Waals surface area contributed by atoms with E-state index in [1.807, 2.05) is 38.3 Å². The smallest absolute Gasteiger partial charge is 0.408 e. The van der Waals surface area contributed by atoms with Crippen LogP contribution in [-0.4, -0.2) is 36.9 Å². The van der Waals surface area contributed by atoms with Gasteiger partial charge in [-0.2, -0.15) is 16.5 Å². The number of thioether (sulfide) groups is 1.